The number of fused-ring (bicyclic) bond motifs is 1. The van der Waals surface area contributed by atoms with Crippen molar-refractivity contribution in [3.8, 4) is 0 Å². The van der Waals surface area contributed by atoms with Crippen LogP contribution in [0.15, 0.2) is 52.5 Å². The molecule has 1 aromatic heterocycles. The average Bonchev–Trinajstić information content (AvgIpc) is 3.25. The third kappa shape index (κ3) is 4.83. The van der Waals surface area contributed by atoms with E-state index in [1.54, 1.807) is 24.4 Å². The zero-order valence-electron chi connectivity index (χ0n) is 16.1. The van der Waals surface area contributed by atoms with Gasteiger partial charge in [-0.25, -0.2) is 0 Å². The molecule has 0 saturated heterocycles. The lowest BCUT2D eigenvalue weighted by molar-refractivity contribution is -0.138. The summed E-state index contributed by atoms with van der Waals surface area (Å²) < 4.78 is 42.4. The van der Waals surface area contributed by atoms with E-state index in [-0.39, 0.29) is 23.0 Å². The van der Waals surface area contributed by atoms with Gasteiger partial charge in [0.15, 0.2) is 0 Å². The third-order valence-electron chi connectivity index (χ3n) is 4.53. The average molecular weight is 482 g/mol. The van der Waals surface area contributed by atoms with E-state index < -0.39 is 11.7 Å². The number of benzene rings is 2. The summed E-state index contributed by atoms with van der Waals surface area (Å²) in [6.07, 6.45) is -1.15. The van der Waals surface area contributed by atoms with Gasteiger partial charge in [0.2, 0.25) is 0 Å². The van der Waals surface area contributed by atoms with E-state index in [1.165, 1.54) is 40.3 Å². The number of aliphatic imine (C=N–C) groups is 1. The molecule has 1 aliphatic heterocycles. The quantitative estimate of drug-likeness (QED) is 0.400. The topological polar surface area (TPSA) is 47.2 Å². The van der Waals surface area contributed by atoms with Gasteiger partial charge in [0, 0.05) is 10.4 Å². The van der Waals surface area contributed by atoms with Crippen LogP contribution in [0.1, 0.15) is 23.6 Å². The van der Waals surface area contributed by atoms with Crippen molar-refractivity contribution in [2.75, 3.05) is 5.75 Å². The minimum absolute atomic E-state index is 0.0304. The van der Waals surface area contributed by atoms with Crippen LogP contribution in [0.25, 0.3) is 17.0 Å². The summed E-state index contributed by atoms with van der Waals surface area (Å²) in [5, 5.41) is 5.05. The zero-order chi connectivity index (χ0) is 22.2. The number of amides is 1. The number of carbonyl (C=O) groups is 1. The van der Waals surface area contributed by atoms with Crippen LogP contribution in [0.4, 0.5) is 13.2 Å². The largest absolute Gasteiger partial charge is 0.416 e. The number of carbonyl (C=O) groups excluding carboxylic acids is 1. The minimum Gasteiger partial charge on any atom is -0.266 e. The Morgan fingerprint density at radius 2 is 2.03 bits per heavy atom. The van der Waals surface area contributed by atoms with Gasteiger partial charge in [-0.05, 0) is 47.2 Å². The van der Waals surface area contributed by atoms with Crippen molar-refractivity contribution in [3.05, 3.63) is 69.2 Å². The van der Waals surface area contributed by atoms with Crippen molar-refractivity contribution < 1.29 is 18.0 Å². The second-order valence-corrected chi connectivity index (χ2v) is 9.62. The molecule has 31 heavy (non-hydrogen) atoms. The molecule has 0 saturated carbocycles. The zero-order valence-corrected chi connectivity index (χ0v) is 18.5. The summed E-state index contributed by atoms with van der Waals surface area (Å²) in [5.74, 6) is 0.570. The fraction of sp³-hybridized carbons (Fsp3) is 0.190. The molecule has 1 amide bonds. The highest BCUT2D eigenvalue weighted by Gasteiger charge is 2.33. The maximum atomic E-state index is 13.4. The Morgan fingerprint density at radius 1 is 1.23 bits per heavy atom. The Kier molecular flexibility index (Phi) is 6.18. The van der Waals surface area contributed by atoms with Crippen LogP contribution in [0.3, 0.4) is 0 Å². The van der Waals surface area contributed by atoms with E-state index >= 15 is 0 Å². The van der Waals surface area contributed by atoms with Gasteiger partial charge in [0.25, 0.3) is 5.91 Å². The molecule has 3 aromatic rings. The number of hydrogen-bond donors (Lipinski definition) is 0. The summed E-state index contributed by atoms with van der Waals surface area (Å²) in [5.41, 5.74) is 0.791. The van der Waals surface area contributed by atoms with Gasteiger partial charge >= 0.3 is 6.18 Å². The van der Waals surface area contributed by atoms with Crippen molar-refractivity contribution >= 4 is 62.4 Å². The van der Waals surface area contributed by atoms with Gasteiger partial charge < -0.3 is 0 Å². The Morgan fingerprint density at radius 3 is 2.77 bits per heavy atom. The van der Waals surface area contributed by atoms with E-state index in [9.17, 15) is 18.0 Å². The summed E-state index contributed by atoms with van der Waals surface area (Å²) in [6.45, 7) is 1.95. The van der Waals surface area contributed by atoms with Gasteiger partial charge in [-0.2, -0.15) is 23.3 Å². The Hall–Kier alpha value is -2.23. The van der Waals surface area contributed by atoms with Crippen LogP contribution in [0.2, 0.25) is 5.02 Å². The van der Waals surface area contributed by atoms with E-state index in [1.807, 2.05) is 13.0 Å². The number of hydrogen-bond acceptors (Lipinski definition) is 4. The molecule has 4 rings (SSSR count). The number of alkyl halides is 3. The first-order valence-electron chi connectivity index (χ1n) is 9.21. The normalized spacial score (nSPS) is 15.8. The first kappa shape index (κ1) is 22.0. The van der Waals surface area contributed by atoms with Gasteiger partial charge in [0.05, 0.1) is 28.7 Å². The first-order valence-corrected chi connectivity index (χ1v) is 11.4. The highest BCUT2D eigenvalue weighted by atomic mass is 35.5. The van der Waals surface area contributed by atoms with Crippen LogP contribution in [0.5, 0.6) is 0 Å². The highest BCUT2D eigenvalue weighted by Crippen LogP contribution is 2.35. The lowest BCUT2D eigenvalue weighted by Gasteiger charge is -2.14. The fourth-order valence-corrected chi connectivity index (χ4v) is 5.23. The minimum atomic E-state index is -4.51. The van der Waals surface area contributed by atoms with Crippen LogP contribution in [-0.2, 0) is 17.5 Å². The lowest BCUT2D eigenvalue weighted by Crippen LogP contribution is -2.12. The monoisotopic (exact) mass is 481 g/mol. The number of aromatic nitrogens is 2. The molecule has 0 N–H and O–H groups in total. The second-order valence-electron chi connectivity index (χ2n) is 6.65. The second kappa shape index (κ2) is 8.72. The molecule has 0 spiro atoms. The van der Waals surface area contributed by atoms with Crippen LogP contribution in [-0.4, -0.2) is 25.8 Å². The molecule has 4 nitrogen and oxygen atoms in total. The predicted molar refractivity (Wildman–Crippen MR) is 121 cm³/mol. The van der Waals surface area contributed by atoms with Crippen LogP contribution in [0, 0.1) is 0 Å². The van der Waals surface area contributed by atoms with Crippen molar-refractivity contribution in [2.24, 2.45) is 4.99 Å². The van der Waals surface area contributed by atoms with E-state index in [0.29, 0.717) is 10.4 Å². The highest BCUT2D eigenvalue weighted by molar-refractivity contribution is 8.41. The molecule has 2 heterocycles. The molecule has 0 unspecified atom stereocenters. The molecule has 160 valence electrons. The molecule has 10 heteroatoms. The van der Waals surface area contributed by atoms with E-state index in [0.717, 1.165) is 27.1 Å². The maximum Gasteiger partial charge on any atom is 0.416 e. The molecule has 0 fully saturated rings. The summed E-state index contributed by atoms with van der Waals surface area (Å²) >= 11 is 8.62. The first-order chi connectivity index (χ1) is 14.7. The SMILES string of the molecule is CCSC1=NC(=O)C(=Cc2ccc3c(cnn3Cc3ccc(Cl)cc3C(F)(F)F)c2)S1. The molecule has 1 aliphatic rings. The summed E-state index contributed by atoms with van der Waals surface area (Å²) in [4.78, 5) is 16.6. The lowest BCUT2D eigenvalue weighted by atomic mass is 10.1. The predicted octanol–water partition coefficient (Wildman–Crippen LogP) is 6.48. The molecule has 0 aliphatic carbocycles. The molecule has 0 atom stereocenters. The summed E-state index contributed by atoms with van der Waals surface area (Å²) in [7, 11) is 0. The van der Waals surface area contributed by atoms with Crippen molar-refractivity contribution in [1.29, 1.82) is 0 Å². The fourth-order valence-electron chi connectivity index (χ4n) is 3.16. The Bertz CT molecular complexity index is 1230. The van der Waals surface area contributed by atoms with Gasteiger partial charge in [-0.1, -0.05) is 54.2 Å². The van der Waals surface area contributed by atoms with Gasteiger partial charge in [-0.15, -0.1) is 0 Å². The van der Waals surface area contributed by atoms with Gasteiger partial charge in [-0.3, -0.25) is 9.48 Å². The van der Waals surface area contributed by atoms with Crippen LogP contribution >= 0.6 is 35.1 Å². The molecular formula is C21H15ClF3N3OS2. The number of thioether (sulfide) groups is 2. The van der Waals surface area contributed by atoms with Crippen LogP contribution < -0.4 is 0 Å². The molecule has 0 bridgehead atoms. The van der Waals surface area contributed by atoms with Crippen molar-refractivity contribution in [3.63, 3.8) is 0 Å². The van der Waals surface area contributed by atoms with E-state index in [2.05, 4.69) is 10.1 Å². The smallest absolute Gasteiger partial charge is 0.266 e. The number of nitrogens with zero attached hydrogens (tertiary/aromatic N) is 3. The summed E-state index contributed by atoms with van der Waals surface area (Å²) in [6, 6.07) is 9.16. The van der Waals surface area contributed by atoms with Crippen molar-refractivity contribution in [1.82, 2.24) is 9.78 Å². The van der Waals surface area contributed by atoms with Gasteiger partial charge in [0.1, 0.15) is 4.38 Å². The number of rotatable bonds is 4. The molecule has 0 radical (unpaired) electrons. The Balaban J connectivity index is 1.61. The standard InChI is InChI=1S/C21H15ClF3N3OS2/c1-2-30-20-27-19(29)18(31-20)8-12-3-6-17-14(7-12)10-26-28(17)11-13-4-5-15(22)9-16(13)21(23,24)25/h3-10H,2,11H2,1H3. The van der Waals surface area contributed by atoms with E-state index in [4.69, 9.17) is 11.6 Å². The maximum absolute atomic E-state index is 13.4. The Labute approximate surface area is 189 Å². The third-order valence-corrected chi connectivity index (χ3v) is 6.77. The number of halogens is 4. The van der Waals surface area contributed by atoms with Crippen molar-refractivity contribution in [2.45, 2.75) is 19.6 Å². The molecular weight excluding hydrogens is 467 g/mol. The molecule has 2 aromatic carbocycles.